The van der Waals surface area contributed by atoms with Crippen molar-refractivity contribution < 1.29 is 0 Å². The molecule has 0 bridgehead atoms. The standard InChI is InChI=1S/C9H10.C2H4/c1-2-4-8(5-3-1)9-6-7-9;1-2/h1-5,9H,6-7H2;1-2H2. The predicted octanol–water partition coefficient (Wildman–Crippen LogP) is 3.37. The molecule has 0 nitrogen and oxygen atoms in total. The van der Waals surface area contributed by atoms with Crippen LogP contribution in [0.3, 0.4) is 0 Å². The Labute approximate surface area is 68.6 Å². The van der Waals surface area contributed by atoms with Crippen LogP contribution in [0, 0.1) is 0 Å². The Hall–Kier alpha value is -1.04. The fourth-order valence-electron chi connectivity index (χ4n) is 1.14. The predicted molar refractivity (Wildman–Crippen MR) is 49.7 cm³/mol. The summed E-state index contributed by atoms with van der Waals surface area (Å²) in [5.41, 5.74) is 1.53. The molecule has 11 heavy (non-hydrogen) atoms. The first-order valence-corrected chi connectivity index (χ1v) is 4.02. The molecule has 0 radical (unpaired) electrons. The van der Waals surface area contributed by atoms with Gasteiger partial charge in [0.2, 0.25) is 0 Å². The van der Waals surface area contributed by atoms with Gasteiger partial charge in [-0.15, -0.1) is 13.2 Å². The summed E-state index contributed by atoms with van der Waals surface area (Å²) in [6.45, 7) is 6.00. The van der Waals surface area contributed by atoms with Crippen LogP contribution in [0.2, 0.25) is 0 Å². The van der Waals surface area contributed by atoms with Crippen molar-refractivity contribution >= 4 is 0 Å². The highest BCUT2D eigenvalue weighted by atomic mass is 14.3. The van der Waals surface area contributed by atoms with Crippen LogP contribution >= 0.6 is 0 Å². The zero-order valence-corrected chi connectivity index (χ0v) is 6.79. The lowest BCUT2D eigenvalue weighted by atomic mass is 10.1. The minimum atomic E-state index is 0.909. The minimum absolute atomic E-state index is 0.909. The third kappa shape index (κ3) is 2.23. The molecule has 1 aromatic carbocycles. The molecule has 0 aliphatic heterocycles. The highest BCUT2D eigenvalue weighted by molar-refractivity contribution is 5.22. The van der Waals surface area contributed by atoms with Crippen molar-refractivity contribution in [1.82, 2.24) is 0 Å². The maximum absolute atomic E-state index is 3.00. The molecule has 1 aromatic rings. The second-order valence-corrected chi connectivity index (χ2v) is 2.68. The fraction of sp³-hybridized carbons (Fsp3) is 0.273. The number of hydrogen-bond donors (Lipinski definition) is 0. The van der Waals surface area contributed by atoms with E-state index in [0.717, 1.165) is 5.92 Å². The minimum Gasteiger partial charge on any atom is -0.106 e. The van der Waals surface area contributed by atoms with Gasteiger partial charge in [-0.2, -0.15) is 0 Å². The van der Waals surface area contributed by atoms with Crippen LogP contribution in [0.15, 0.2) is 43.5 Å². The van der Waals surface area contributed by atoms with Gasteiger partial charge in [-0.1, -0.05) is 30.3 Å². The van der Waals surface area contributed by atoms with Gasteiger partial charge in [0.15, 0.2) is 0 Å². The van der Waals surface area contributed by atoms with Gasteiger partial charge in [0.05, 0.1) is 0 Å². The molecule has 0 heterocycles. The van der Waals surface area contributed by atoms with Gasteiger partial charge in [0.25, 0.3) is 0 Å². The van der Waals surface area contributed by atoms with Gasteiger partial charge < -0.3 is 0 Å². The lowest BCUT2D eigenvalue weighted by Crippen LogP contribution is -1.73. The molecular weight excluding hydrogens is 132 g/mol. The summed E-state index contributed by atoms with van der Waals surface area (Å²) >= 11 is 0. The first kappa shape index (κ1) is 8.06. The van der Waals surface area contributed by atoms with Gasteiger partial charge in [-0.3, -0.25) is 0 Å². The molecule has 0 saturated heterocycles. The van der Waals surface area contributed by atoms with Gasteiger partial charge in [0, 0.05) is 0 Å². The lowest BCUT2D eigenvalue weighted by molar-refractivity contribution is 1.13. The summed E-state index contributed by atoms with van der Waals surface area (Å²) in [6.07, 6.45) is 2.81. The van der Waals surface area contributed by atoms with Crippen LogP contribution in [0.25, 0.3) is 0 Å². The van der Waals surface area contributed by atoms with E-state index in [0.29, 0.717) is 0 Å². The molecule has 0 heteroatoms. The zero-order chi connectivity index (χ0) is 8.10. The van der Waals surface area contributed by atoms with Crippen LogP contribution in [0.5, 0.6) is 0 Å². The molecule has 0 amide bonds. The topological polar surface area (TPSA) is 0 Å². The van der Waals surface area contributed by atoms with Crippen molar-refractivity contribution in [3.63, 3.8) is 0 Å². The van der Waals surface area contributed by atoms with E-state index in [1.54, 1.807) is 0 Å². The van der Waals surface area contributed by atoms with Crippen LogP contribution in [-0.4, -0.2) is 0 Å². The molecular formula is C11H14. The molecule has 2 rings (SSSR count). The van der Waals surface area contributed by atoms with Crippen molar-refractivity contribution in [3.8, 4) is 0 Å². The van der Waals surface area contributed by atoms with E-state index in [4.69, 9.17) is 0 Å². The van der Waals surface area contributed by atoms with Crippen molar-refractivity contribution in [2.24, 2.45) is 0 Å². The summed E-state index contributed by atoms with van der Waals surface area (Å²) in [6, 6.07) is 10.8. The van der Waals surface area contributed by atoms with Crippen molar-refractivity contribution in [2.75, 3.05) is 0 Å². The van der Waals surface area contributed by atoms with E-state index in [1.807, 2.05) is 0 Å². The van der Waals surface area contributed by atoms with E-state index in [2.05, 4.69) is 43.5 Å². The Kier molecular flexibility index (Phi) is 2.91. The number of rotatable bonds is 1. The highest BCUT2D eigenvalue weighted by Gasteiger charge is 2.22. The molecule has 1 fully saturated rings. The van der Waals surface area contributed by atoms with Crippen molar-refractivity contribution in [2.45, 2.75) is 18.8 Å². The average Bonchev–Trinajstić information content (AvgIpc) is 2.92. The molecule has 0 aromatic heterocycles. The second-order valence-electron chi connectivity index (χ2n) is 2.68. The van der Waals surface area contributed by atoms with E-state index in [9.17, 15) is 0 Å². The van der Waals surface area contributed by atoms with E-state index in [1.165, 1.54) is 18.4 Å². The molecule has 1 aliphatic rings. The Bertz CT molecular complexity index is 197. The molecule has 0 spiro atoms. The lowest BCUT2D eigenvalue weighted by Gasteiger charge is -1.92. The third-order valence-corrected chi connectivity index (χ3v) is 1.85. The summed E-state index contributed by atoms with van der Waals surface area (Å²) in [4.78, 5) is 0. The molecule has 0 unspecified atom stereocenters. The Morgan fingerprint density at radius 2 is 1.55 bits per heavy atom. The maximum Gasteiger partial charge on any atom is -0.0162 e. The van der Waals surface area contributed by atoms with Crippen LogP contribution < -0.4 is 0 Å². The Balaban J connectivity index is 0.000000281. The SMILES string of the molecule is C=C.c1ccc(C2CC2)cc1. The van der Waals surface area contributed by atoms with Crippen LogP contribution in [0.1, 0.15) is 24.3 Å². The van der Waals surface area contributed by atoms with Gasteiger partial charge in [0.1, 0.15) is 0 Å². The van der Waals surface area contributed by atoms with Gasteiger partial charge in [-0.05, 0) is 24.3 Å². The summed E-state index contributed by atoms with van der Waals surface area (Å²) in [5, 5.41) is 0. The highest BCUT2D eigenvalue weighted by Crippen LogP contribution is 2.39. The largest absolute Gasteiger partial charge is 0.106 e. The summed E-state index contributed by atoms with van der Waals surface area (Å²) in [5.74, 6) is 0.909. The normalized spacial score (nSPS) is 14.9. The van der Waals surface area contributed by atoms with E-state index >= 15 is 0 Å². The van der Waals surface area contributed by atoms with Crippen molar-refractivity contribution in [3.05, 3.63) is 49.1 Å². The first-order valence-electron chi connectivity index (χ1n) is 4.02. The smallest absolute Gasteiger partial charge is 0.0162 e. The third-order valence-electron chi connectivity index (χ3n) is 1.85. The maximum atomic E-state index is 3.00. The summed E-state index contributed by atoms with van der Waals surface area (Å²) < 4.78 is 0. The number of benzene rings is 1. The monoisotopic (exact) mass is 146 g/mol. The van der Waals surface area contributed by atoms with Crippen LogP contribution in [-0.2, 0) is 0 Å². The molecule has 58 valence electrons. The Morgan fingerprint density at radius 3 is 2.00 bits per heavy atom. The van der Waals surface area contributed by atoms with E-state index < -0.39 is 0 Å². The molecule has 0 N–H and O–H groups in total. The van der Waals surface area contributed by atoms with E-state index in [-0.39, 0.29) is 0 Å². The molecule has 0 atom stereocenters. The Morgan fingerprint density at radius 1 is 1.00 bits per heavy atom. The van der Waals surface area contributed by atoms with Crippen LogP contribution in [0.4, 0.5) is 0 Å². The van der Waals surface area contributed by atoms with Crippen molar-refractivity contribution in [1.29, 1.82) is 0 Å². The molecule has 1 aliphatic carbocycles. The summed E-state index contributed by atoms with van der Waals surface area (Å²) in [7, 11) is 0. The van der Waals surface area contributed by atoms with Gasteiger partial charge in [-0.25, -0.2) is 0 Å². The molecule has 1 saturated carbocycles. The average molecular weight is 146 g/mol. The quantitative estimate of drug-likeness (QED) is 0.533. The second kappa shape index (κ2) is 3.97. The van der Waals surface area contributed by atoms with Gasteiger partial charge >= 0.3 is 0 Å². The number of hydrogen-bond acceptors (Lipinski definition) is 0. The zero-order valence-electron chi connectivity index (χ0n) is 6.79. The fourth-order valence-corrected chi connectivity index (χ4v) is 1.14. The first-order chi connectivity index (χ1) is 5.47.